The van der Waals surface area contributed by atoms with Crippen molar-refractivity contribution in [2.24, 2.45) is 0 Å². The van der Waals surface area contributed by atoms with Crippen LogP contribution in [0.3, 0.4) is 0 Å². The summed E-state index contributed by atoms with van der Waals surface area (Å²) in [4.78, 5) is 24.0. The first-order chi connectivity index (χ1) is 17.0. The van der Waals surface area contributed by atoms with E-state index in [2.05, 4.69) is 30.4 Å². The summed E-state index contributed by atoms with van der Waals surface area (Å²) < 4.78 is 19.5. The molecule has 0 N–H and O–H groups in total. The van der Waals surface area contributed by atoms with Crippen LogP contribution >= 0.6 is 0 Å². The first kappa shape index (κ1) is 27.1. The fraction of sp³-hybridized carbons (Fsp3) is 0.741. The van der Waals surface area contributed by atoms with Gasteiger partial charge in [-0.1, -0.05) is 19.6 Å². The Morgan fingerprint density at radius 3 is 2.42 bits per heavy atom. The largest absolute Gasteiger partial charge is 0.444 e. The summed E-state index contributed by atoms with van der Waals surface area (Å²) in [5.41, 5.74) is 2.92. The second-order valence-corrected chi connectivity index (χ2v) is 18.1. The molecule has 4 rings (SSSR count). The highest BCUT2D eigenvalue weighted by Gasteiger charge is 2.31. The Morgan fingerprint density at radius 1 is 1.08 bits per heavy atom. The van der Waals surface area contributed by atoms with E-state index in [1.807, 2.05) is 25.7 Å². The number of hydrogen-bond acceptors (Lipinski definition) is 6. The first-order valence-electron chi connectivity index (χ1n) is 13.5. The van der Waals surface area contributed by atoms with Crippen molar-refractivity contribution in [2.75, 3.05) is 32.9 Å². The molecule has 0 saturated carbocycles. The maximum absolute atomic E-state index is 12.6. The molecule has 0 aliphatic carbocycles. The van der Waals surface area contributed by atoms with E-state index in [-0.39, 0.29) is 12.0 Å². The smallest absolute Gasteiger partial charge is 0.410 e. The second kappa shape index (κ2) is 11.2. The van der Waals surface area contributed by atoms with Gasteiger partial charge < -0.3 is 23.7 Å². The van der Waals surface area contributed by atoms with Crippen LogP contribution in [0.1, 0.15) is 69.5 Å². The second-order valence-electron chi connectivity index (χ2n) is 12.5. The van der Waals surface area contributed by atoms with Crippen LogP contribution in [0.5, 0.6) is 0 Å². The standard InChI is InChI=1S/C27H44N4O4Si/c1-27(2,3)35-26(32)30-11-7-21(8-12-30)24-23-22(20-9-13-33-14-10-20)17-31(25(23)29-18-28-24)19-34-15-16-36(4,5)6/h17-18,20-21H,7-16,19H2,1-6H3. The molecule has 0 atom stereocenters. The minimum atomic E-state index is -1.14. The van der Waals surface area contributed by atoms with E-state index in [9.17, 15) is 4.79 Å². The molecule has 0 bridgehead atoms. The Balaban J connectivity index is 1.56. The molecule has 2 aromatic rings. The topological polar surface area (TPSA) is 78.7 Å². The number of aromatic nitrogens is 3. The number of fused-ring (bicyclic) bond motifs is 1. The van der Waals surface area contributed by atoms with E-state index in [1.54, 1.807) is 6.33 Å². The zero-order chi connectivity index (χ0) is 25.9. The summed E-state index contributed by atoms with van der Waals surface area (Å²) in [6.07, 6.45) is 7.50. The highest BCUT2D eigenvalue weighted by atomic mass is 28.3. The average molecular weight is 517 g/mol. The van der Waals surface area contributed by atoms with Crippen LogP contribution in [0.4, 0.5) is 4.79 Å². The van der Waals surface area contributed by atoms with E-state index >= 15 is 0 Å². The van der Waals surface area contributed by atoms with E-state index in [1.165, 1.54) is 10.9 Å². The number of hydrogen-bond donors (Lipinski definition) is 0. The lowest BCUT2D eigenvalue weighted by atomic mass is 9.87. The van der Waals surface area contributed by atoms with Crippen molar-refractivity contribution < 1.29 is 19.0 Å². The van der Waals surface area contributed by atoms with Crippen LogP contribution in [-0.4, -0.2) is 72.1 Å². The van der Waals surface area contributed by atoms with Crippen molar-refractivity contribution in [3.05, 3.63) is 23.8 Å². The van der Waals surface area contributed by atoms with Crippen LogP contribution in [0.15, 0.2) is 12.5 Å². The summed E-state index contributed by atoms with van der Waals surface area (Å²) in [7, 11) is -1.14. The zero-order valence-electron chi connectivity index (χ0n) is 23.0. The number of rotatable bonds is 7. The predicted octanol–water partition coefficient (Wildman–Crippen LogP) is 5.75. The molecule has 9 heteroatoms. The molecule has 2 fully saturated rings. The molecule has 36 heavy (non-hydrogen) atoms. The van der Waals surface area contributed by atoms with E-state index < -0.39 is 13.7 Å². The predicted molar refractivity (Wildman–Crippen MR) is 144 cm³/mol. The van der Waals surface area contributed by atoms with E-state index in [4.69, 9.17) is 24.2 Å². The lowest BCUT2D eigenvalue weighted by molar-refractivity contribution is 0.0204. The van der Waals surface area contributed by atoms with Crippen molar-refractivity contribution in [3.63, 3.8) is 0 Å². The molecule has 2 saturated heterocycles. The normalized spacial score (nSPS) is 18.7. The molecule has 2 aliphatic heterocycles. The number of nitrogens with zero attached hydrogens (tertiary/aromatic N) is 4. The monoisotopic (exact) mass is 516 g/mol. The van der Waals surface area contributed by atoms with Crippen molar-refractivity contribution in [3.8, 4) is 0 Å². The molecule has 0 radical (unpaired) electrons. The number of carbonyl (C=O) groups excluding carboxylic acids is 1. The van der Waals surface area contributed by atoms with Crippen LogP contribution in [0.2, 0.25) is 25.7 Å². The third kappa shape index (κ3) is 6.86. The summed E-state index contributed by atoms with van der Waals surface area (Å²) in [5.74, 6) is 0.729. The van der Waals surface area contributed by atoms with E-state index in [0.717, 1.165) is 62.9 Å². The quantitative estimate of drug-likeness (QED) is 0.344. The first-order valence-corrected chi connectivity index (χ1v) is 17.2. The van der Waals surface area contributed by atoms with Gasteiger partial charge in [0.2, 0.25) is 0 Å². The summed E-state index contributed by atoms with van der Waals surface area (Å²) in [6.45, 7) is 17.1. The van der Waals surface area contributed by atoms with Crippen LogP contribution in [0, 0.1) is 0 Å². The minimum absolute atomic E-state index is 0.224. The molecular weight excluding hydrogens is 472 g/mol. The van der Waals surface area contributed by atoms with Gasteiger partial charge in [-0.2, -0.15) is 0 Å². The average Bonchev–Trinajstić information content (AvgIpc) is 3.20. The minimum Gasteiger partial charge on any atom is -0.444 e. The molecule has 0 aromatic carbocycles. The van der Waals surface area contributed by atoms with Gasteiger partial charge in [0, 0.05) is 58.5 Å². The molecule has 4 heterocycles. The van der Waals surface area contributed by atoms with Crippen molar-refractivity contribution in [2.45, 2.75) is 96.3 Å². The summed E-state index contributed by atoms with van der Waals surface area (Å²) in [6, 6.07) is 1.15. The third-order valence-electron chi connectivity index (χ3n) is 7.13. The Morgan fingerprint density at radius 2 is 1.78 bits per heavy atom. The molecule has 1 amide bonds. The molecule has 0 spiro atoms. The fourth-order valence-corrected chi connectivity index (χ4v) is 5.86. The molecule has 2 aromatic heterocycles. The van der Waals surface area contributed by atoms with Crippen LogP contribution in [-0.2, 0) is 20.9 Å². The van der Waals surface area contributed by atoms with Gasteiger partial charge in [-0.3, -0.25) is 0 Å². The van der Waals surface area contributed by atoms with Crippen molar-refractivity contribution in [1.29, 1.82) is 0 Å². The number of carbonyl (C=O) groups is 1. The highest BCUT2D eigenvalue weighted by molar-refractivity contribution is 6.76. The zero-order valence-corrected chi connectivity index (χ0v) is 24.0. The number of likely N-dealkylation sites (tertiary alicyclic amines) is 1. The SMILES string of the molecule is CC(C)(C)OC(=O)N1CCC(c2ncnc3c2c(C2CCOCC2)cn3COCC[Si](C)(C)C)CC1. The maximum atomic E-state index is 12.6. The lowest BCUT2D eigenvalue weighted by Crippen LogP contribution is -2.41. The molecule has 8 nitrogen and oxygen atoms in total. The summed E-state index contributed by atoms with van der Waals surface area (Å²) >= 11 is 0. The van der Waals surface area contributed by atoms with Gasteiger partial charge in [0.05, 0.1) is 5.69 Å². The Bertz CT molecular complexity index is 1030. The maximum Gasteiger partial charge on any atom is 0.410 e. The highest BCUT2D eigenvalue weighted by Crippen LogP contribution is 2.39. The van der Waals surface area contributed by atoms with Gasteiger partial charge in [-0.15, -0.1) is 0 Å². The Labute approximate surface area is 216 Å². The number of amides is 1. The summed E-state index contributed by atoms with van der Waals surface area (Å²) in [5, 5.41) is 1.19. The molecule has 0 unspecified atom stereocenters. The molecular formula is C27H44N4O4Si. The lowest BCUT2D eigenvalue weighted by Gasteiger charge is -2.33. The Kier molecular flexibility index (Phi) is 8.41. The van der Waals surface area contributed by atoms with E-state index in [0.29, 0.717) is 25.7 Å². The van der Waals surface area contributed by atoms with Gasteiger partial charge in [-0.05, 0) is 64.0 Å². The van der Waals surface area contributed by atoms with Crippen molar-refractivity contribution in [1.82, 2.24) is 19.4 Å². The number of ether oxygens (including phenoxy) is 3. The number of piperidine rings is 1. The van der Waals surface area contributed by atoms with Gasteiger partial charge in [0.25, 0.3) is 0 Å². The molecule has 200 valence electrons. The van der Waals surface area contributed by atoms with Crippen molar-refractivity contribution >= 4 is 25.2 Å². The molecule has 2 aliphatic rings. The fourth-order valence-electron chi connectivity index (χ4n) is 5.11. The van der Waals surface area contributed by atoms with Gasteiger partial charge in [0.15, 0.2) is 0 Å². The van der Waals surface area contributed by atoms with Gasteiger partial charge in [-0.25, -0.2) is 14.8 Å². The Hall–Kier alpha value is -1.97. The van der Waals surface area contributed by atoms with Crippen LogP contribution in [0.25, 0.3) is 11.0 Å². The third-order valence-corrected chi connectivity index (χ3v) is 8.84. The van der Waals surface area contributed by atoms with Gasteiger partial charge in [0.1, 0.15) is 24.3 Å². The van der Waals surface area contributed by atoms with Crippen LogP contribution < -0.4 is 0 Å². The van der Waals surface area contributed by atoms with Gasteiger partial charge >= 0.3 is 6.09 Å².